The van der Waals surface area contributed by atoms with Gasteiger partial charge >= 0.3 is 0 Å². The number of ether oxygens (including phenoxy) is 1. The zero-order chi connectivity index (χ0) is 20.1. The van der Waals surface area contributed by atoms with E-state index in [0.29, 0.717) is 33.0 Å². The SMILES string of the molecule is CCN(C)/C=N\c1cc(C)c(Oc2snc(C3CCCCC3)c2C#N)cc1Cl. The third-order valence-corrected chi connectivity index (χ3v) is 6.17. The lowest BCUT2D eigenvalue weighted by molar-refractivity contribution is 0.436. The zero-order valence-corrected chi connectivity index (χ0v) is 18.1. The van der Waals surface area contributed by atoms with Crippen molar-refractivity contribution in [1.29, 1.82) is 5.26 Å². The Bertz CT molecular complexity index is 897. The molecule has 0 radical (unpaired) electrons. The first-order valence-corrected chi connectivity index (χ1v) is 10.8. The number of nitrogens with zero attached hydrogens (tertiary/aromatic N) is 4. The summed E-state index contributed by atoms with van der Waals surface area (Å²) in [5, 5.41) is 10.8. The Hall–Kier alpha value is -2.10. The number of hydrogen-bond acceptors (Lipinski definition) is 5. The highest BCUT2D eigenvalue weighted by molar-refractivity contribution is 7.08. The van der Waals surface area contributed by atoms with Gasteiger partial charge in [0.25, 0.3) is 0 Å². The summed E-state index contributed by atoms with van der Waals surface area (Å²) in [5.74, 6) is 0.997. The third kappa shape index (κ3) is 4.65. The standard InChI is InChI=1S/C21H25ClN4OS/c1-4-26(3)13-24-18-10-14(2)19(11-17(18)22)27-21-16(12-23)20(25-28-21)15-8-6-5-7-9-15/h10-11,13,15H,4-9H2,1-3H3/b24-13-. The minimum absolute atomic E-state index is 0.369. The first-order chi connectivity index (χ1) is 13.5. The quantitative estimate of drug-likeness (QED) is 0.402. The fourth-order valence-electron chi connectivity index (χ4n) is 3.31. The number of benzene rings is 1. The Morgan fingerprint density at radius 1 is 1.39 bits per heavy atom. The van der Waals surface area contributed by atoms with Crippen LogP contribution in [0.5, 0.6) is 10.8 Å². The Balaban J connectivity index is 1.84. The third-order valence-electron chi connectivity index (χ3n) is 5.13. The lowest BCUT2D eigenvalue weighted by Gasteiger charge is -2.19. The van der Waals surface area contributed by atoms with Crippen molar-refractivity contribution >= 4 is 35.2 Å². The van der Waals surface area contributed by atoms with Crippen LogP contribution in [0.2, 0.25) is 5.02 Å². The Morgan fingerprint density at radius 3 is 2.82 bits per heavy atom. The maximum absolute atomic E-state index is 9.70. The molecule has 0 N–H and O–H groups in total. The van der Waals surface area contributed by atoms with E-state index < -0.39 is 0 Å². The van der Waals surface area contributed by atoms with Gasteiger partial charge in [0.15, 0.2) is 0 Å². The van der Waals surface area contributed by atoms with Crippen LogP contribution in [-0.4, -0.2) is 29.2 Å². The van der Waals surface area contributed by atoms with Gasteiger partial charge in [-0.1, -0.05) is 30.9 Å². The van der Waals surface area contributed by atoms with E-state index in [0.717, 1.165) is 30.6 Å². The van der Waals surface area contributed by atoms with Crippen LogP contribution in [0.4, 0.5) is 5.69 Å². The molecule has 3 rings (SSSR count). The van der Waals surface area contributed by atoms with Crippen molar-refractivity contribution in [3.63, 3.8) is 0 Å². The second-order valence-electron chi connectivity index (χ2n) is 7.17. The van der Waals surface area contributed by atoms with Gasteiger partial charge in [-0.15, -0.1) is 0 Å². The Kier molecular flexibility index (Phi) is 6.93. The lowest BCUT2D eigenvalue weighted by Crippen LogP contribution is -2.14. The van der Waals surface area contributed by atoms with Gasteiger partial charge in [-0.2, -0.15) is 9.64 Å². The van der Waals surface area contributed by atoms with E-state index in [1.54, 1.807) is 12.4 Å². The minimum atomic E-state index is 0.369. The van der Waals surface area contributed by atoms with Crippen molar-refractivity contribution in [2.24, 2.45) is 4.99 Å². The van der Waals surface area contributed by atoms with Gasteiger partial charge < -0.3 is 9.64 Å². The molecule has 2 aromatic rings. The molecule has 28 heavy (non-hydrogen) atoms. The molecule has 1 fully saturated rings. The summed E-state index contributed by atoms with van der Waals surface area (Å²) in [6.45, 7) is 4.87. The lowest BCUT2D eigenvalue weighted by atomic mass is 9.86. The largest absolute Gasteiger partial charge is 0.443 e. The summed E-state index contributed by atoms with van der Waals surface area (Å²) in [6, 6.07) is 5.96. The molecule has 1 aromatic heterocycles. The predicted octanol–water partition coefficient (Wildman–Crippen LogP) is 6.43. The van der Waals surface area contributed by atoms with Crippen LogP contribution in [0.15, 0.2) is 17.1 Å². The summed E-state index contributed by atoms with van der Waals surface area (Å²) in [6.07, 6.45) is 7.63. The van der Waals surface area contributed by atoms with E-state index in [-0.39, 0.29) is 0 Å². The highest BCUT2D eigenvalue weighted by atomic mass is 35.5. The molecule has 0 aliphatic heterocycles. The Labute approximate surface area is 175 Å². The maximum atomic E-state index is 9.70. The molecular weight excluding hydrogens is 392 g/mol. The Morgan fingerprint density at radius 2 is 2.14 bits per heavy atom. The van der Waals surface area contributed by atoms with Gasteiger partial charge in [0.2, 0.25) is 5.06 Å². The van der Waals surface area contributed by atoms with Gasteiger partial charge in [-0.05, 0) is 38.3 Å². The number of aryl methyl sites for hydroxylation is 1. The fourth-order valence-corrected chi connectivity index (χ4v) is 4.31. The van der Waals surface area contributed by atoms with Crippen LogP contribution in [0.25, 0.3) is 0 Å². The average Bonchev–Trinajstić information content (AvgIpc) is 3.12. The number of nitriles is 1. The van der Waals surface area contributed by atoms with E-state index in [4.69, 9.17) is 16.3 Å². The van der Waals surface area contributed by atoms with Gasteiger partial charge in [-0.25, -0.2) is 4.99 Å². The number of hydrogen-bond donors (Lipinski definition) is 0. The van der Waals surface area contributed by atoms with Crippen LogP contribution >= 0.6 is 23.1 Å². The van der Waals surface area contributed by atoms with Crippen molar-refractivity contribution < 1.29 is 4.74 Å². The molecule has 1 aliphatic rings. The van der Waals surface area contributed by atoms with Crippen LogP contribution < -0.4 is 4.74 Å². The topological polar surface area (TPSA) is 61.5 Å². The van der Waals surface area contributed by atoms with Crippen LogP contribution in [0.1, 0.15) is 61.8 Å². The van der Waals surface area contributed by atoms with Crippen LogP contribution in [-0.2, 0) is 0 Å². The molecule has 1 heterocycles. The molecule has 0 spiro atoms. The zero-order valence-electron chi connectivity index (χ0n) is 16.5. The first kappa shape index (κ1) is 20.6. The van der Waals surface area contributed by atoms with Crippen LogP contribution in [0, 0.1) is 18.3 Å². The maximum Gasteiger partial charge on any atom is 0.218 e. The monoisotopic (exact) mass is 416 g/mol. The van der Waals surface area contributed by atoms with E-state index in [9.17, 15) is 5.26 Å². The van der Waals surface area contributed by atoms with Gasteiger partial charge in [0, 0.05) is 37.1 Å². The molecule has 5 nitrogen and oxygen atoms in total. The summed E-state index contributed by atoms with van der Waals surface area (Å²) >= 11 is 7.66. The normalized spacial score (nSPS) is 15.0. The summed E-state index contributed by atoms with van der Waals surface area (Å²) < 4.78 is 10.6. The molecule has 1 aromatic carbocycles. The molecule has 148 valence electrons. The summed E-state index contributed by atoms with van der Waals surface area (Å²) in [4.78, 5) is 6.41. The summed E-state index contributed by atoms with van der Waals surface area (Å²) in [7, 11) is 1.96. The number of aromatic nitrogens is 1. The van der Waals surface area contributed by atoms with Crippen molar-refractivity contribution in [3.05, 3.63) is 34.0 Å². The van der Waals surface area contributed by atoms with Crippen molar-refractivity contribution in [2.45, 2.75) is 51.9 Å². The van der Waals surface area contributed by atoms with Crippen molar-refractivity contribution in [2.75, 3.05) is 13.6 Å². The predicted molar refractivity (Wildman–Crippen MR) is 115 cm³/mol. The van der Waals surface area contributed by atoms with E-state index in [1.165, 1.54) is 30.8 Å². The second kappa shape index (κ2) is 9.40. The molecule has 7 heteroatoms. The van der Waals surface area contributed by atoms with Crippen molar-refractivity contribution in [1.82, 2.24) is 9.27 Å². The van der Waals surface area contributed by atoms with Crippen molar-refractivity contribution in [3.8, 4) is 16.9 Å². The van der Waals surface area contributed by atoms with Crippen LogP contribution in [0.3, 0.4) is 0 Å². The highest BCUT2D eigenvalue weighted by Crippen LogP contribution is 2.41. The highest BCUT2D eigenvalue weighted by Gasteiger charge is 2.25. The minimum Gasteiger partial charge on any atom is -0.443 e. The molecule has 1 saturated carbocycles. The molecule has 0 amide bonds. The van der Waals surface area contributed by atoms with E-state index in [1.807, 2.05) is 24.9 Å². The second-order valence-corrected chi connectivity index (χ2v) is 8.31. The number of halogens is 1. The van der Waals surface area contributed by atoms with Gasteiger partial charge in [0.1, 0.15) is 17.4 Å². The summed E-state index contributed by atoms with van der Waals surface area (Å²) in [5.41, 5.74) is 3.07. The molecule has 0 bridgehead atoms. The molecule has 0 unspecified atom stereocenters. The van der Waals surface area contributed by atoms with Gasteiger partial charge in [0.05, 0.1) is 22.7 Å². The van der Waals surface area contributed by atoms with E-state index >= 15 is 0 Å². The molecule has 0 saturated heterocycles. The molecule has 1 aliphatic carbocycles. The number of rotatable bonds is 6. The molecular formula is C21H25ClN4OS. The van der Waals surface area contributed by atoms with E-state index in [2.05, 4.69) is 22.4 Å². The average molecular weight is 417 g/mol. The first-order valence-electron chi connectivity index (χ1n) is 9.65. The smallest absolute Gasteiger partial charge is 0.218 e. The fraction of sp³-hybridized carbons (Fsp3) is 0.476. The van der Waals surface area contributed by atoms with Gasteiger partial charge in [-0.3, -0.25) is 0 Å². The number of aliphatic imine (C=N–C) groups is 1. The molecule has 0 atom stereocenters.